The molecule has 1 unspecified atom stereocenters. The molecule has 0 saturated heterocycles. The first-order chi connectivity index (χ1) is 7.78. The second kappa shape index (κ2) is 5.07. The van der Waals surface area contributed by atoms with Crippen molar-refractivity contribution in [1.29, 1.82) is 0 Å². The van der Waals surface area contributed by atoms with Gasteiger partial charge in [-0.05, 0) is 13.0 Å². The summed E-state index contributed by atoms with van der Waals surface area (Å²) in [6, 6.07) is 2.21. The topological polar surface area (TPSA) is 55.6 Å². The highest BCUT2D eigenvalue weighted by Gasteiger charge is 2.07. The SMILES string of the molecule is CCc1nsc(NC(C)Cn2cccn2)n1. The molecule has 2 heterocycles. The molecule has 2 aromatic rings. The third-order valence-electron chi connectivity index (χ3n) is 2.17. The van der Waals surface area contributed by atoms with E-state index < -0.39 is 0 Å². The number of aromatic nitrogens is 4. The van der Waals surface area contributed by atoms with Crippen molar-refractivity contribution in [2.24, 2.45) is 0 Å². The van der Waals surface area contributed by atoms with Gasteiger partial charge in [0.2, 0.25) is 5.13 Å². The number of aryl methyl sites for hydroxylation is 1. The molecule has 0 radical (unpaired) electrons. The van der Waals surface area contributed by atoms with Gasteiger partial charge in [0.15, 0.2) is 0 Å². The lowest BCUT2D eigenvalue weighted by molar-refractivity contribution is 0.560. The summed E-state index contributed by atoms with van der Waals surface area (Å²) >= 11 is 1.41. The summed E-state index contributed by atoms with van der Waals surface area (Å²) in [5.74, 6) is 0.902. The molecule has 2 aromatic heterocycles. The highest BCUT2D eigenvalue weighted by Crippen LogP contribution is 2.12. The van der Waals surface area contributed by atoms with E-state index in [4.69, 9.17) is 0 Å². The fourth-order valence-electron chi connectivity index (χ4n) is 1.40. The third-order valence-corrected chi connectivity index (χ3v) is 2.86. The number of nitrogens with one attached hydrogen (secondary N) is 1. The van der Waals surface area contributed by atoms with Crippen LogP contribution in [-0.2, 0) is 13.0 Å². The summed E-state index contributed by atoms with van der Waals surface area (Å²) < 4.78 is 6.13. The van der Waals surface area contributed by atoms with Gasteiger partial charge in [0.05, 0.1) is 6.54 Å². The Kier molecular flexibility index (Phi) is 3.51. The van der Waals surface area contributed by atoms with Crippen LogP contribution in [0.15, 0.2) is 18.5 Å². The second-order valence-corrected chi connectivity index (χ2v) is 4.39. The van der Waals surface area contributed by atoms with Crippen LogP contribution >= 0.6 is 11.5 Å². The Balaban J connectivity index is 1.89. The molecule has 0 bridgehead atoms. The Morgan fingerprint density at radius 3 is 3.06 bits per heavy atom. The van der Waals surface area contributed by atoms with Gasteiger partial charge in [-0.15, -0.1) is 0 Å². The molecule has 0 fully saturated rings. The van der Waals surface area contributed by atoms with Crippen molar-refractivity contribution in [3.05, 3.63) is 24.3 Å². The van der Waals surface area contributed by atoms with E-state index >= 15 is 0 Å². The first kappa shape index (κ1) is 11.1. The molecule has 6 heteroatoms. The van der Waals surface area contributed by atoms with Crippen molar-refractivity contribution in [2.75, 3.05) is 5.32 Å². The maximum atomic E-state index is 4.36. The van der Waals surface area contributed by atoms with Crippen molar-refractivity contribution >= 4 is 16.7 Å². The lowest BCUT2D eigenvalue weighted by Gasteiger charge is -2.12. The molecule has 1 N–H and O–H groups in total. The van der Waals surface area contributed by atoms with Gasteiger partial charge >= 0.3 is 0 Å². The average molecular weight is 237 g/mol. The van der Waals surface area contributed by atoms with Crippen LogP contribution in [0.2, 0.25) is 0 Å². The molecule has 86 valence electrons. The first-order valence-corrected chi connectivity index (χ1v) is 6.12. The van der Waals surface area contributed by atoms with Crippen molar-refractivity contribution in [1.82, 2.24) is 19.1 Å². The number of anilines is 1. The standard InChI is InChI=1S/C10H15N5S/c1-3-9-13-10(16-14-9)12-8(2)7-15-6-4-5-11-15/h4-6,8H,3,7H2,1-2H3,(H,12,13,14). The quantitative estimate of drug-likeness (QED) is 0.861. The summed E-state index contributed by atoms with van der Waals surface area (Å²) in [6.45, 7) is 4.99. The molecule has 0 aliphatic carbocycles. The van der Waals surface area contributed by atoms with Crippen LogP contribution in [-0.4, -0.2) is 25.2 Å². The molecular weight excluding hydrogens is 222 g/mol. The summed E-state index contributed by atoms with van der Waals surface area (Å²) in [6.07, 6.45) is 4.62. The zero-order valence-corrected chi connectivity index (χ0v) is 10.2. The zero-order chi connectivity index (χ0) is 11.4. The van der Waals surface area contributed by atoms with E-state index in [1.165, 1.54) is 11.5 Å². The Morgan fingerprint density at radius 1 is 1.56 bits per heavy atom. The van der Waals surface area contributed by atoms with E-state index in [-0.39, 0.29) is 6.04 Å². The fourth-order valence-corrected chi connectivity index (χ4v) is 2.16. The van der Waals surface area contributed by atoms with Gasteiger partial charge in [-0.2, -0.15) is 9.47 Å². The lowest BCUT2D eigenvalue weighted by atomic mass is 10.3. The molecular formula is C10H15N5S. The normalized spacial score (nSPS) is 12.6. The molecule has 0 saturated carbocycles. The molecule has 2 rings (SSSR count). The highest BCUT2D eigenvalue weighted by atomic mass is 32.1. The maximum absolute atomic E-state index is 4.36. The van der Waals surface area contributed by atoms with Crippen LogP contribution in [0.3, 0.4) is 0 Å². The number of hydrogen-bond donors (Lipinski definition) is 1. The smallest absolute Gasteiger partial charge is 0.202 e. The minimum absolute atomic E-state index is 0.289. The van der Waals surface area contributed by atoms with Crippen LogP contribution in [0.25, 0.3) is 0 Å². The van der Waals surface area contributed by atoms with E-state index in [2.05, 4.69) is 33.6 Å². The van der Waals surface area contributed by atoms with Crippen LogP contribution in [0, 0.1) is 0 Å². The van der Waals surface area contributed by atoms with Crippen LogP contribution in [0.1, 0.15) is 19.7 Å². The zero-order valence-electron chi connectivity index (χ0n) is 9.42. The monoisotopic (exact) mass is 237 g/mol. The first-order valence-electron chi connectivity index (χ1n) is 5.34. The van der Waals surface area contributed by atoms with Gasteiger partial charge < -0.3 is 5.32 Å². The van der Waals surface area contributed by atoms with Crippen LogP contribution in [0.4, 0.5) is 5.13 Å². The Hall–Kier alpha value is -1.43. The van der Waals surface area contributed by atoms with Crippen molar-refractivity contribution in [3.8, 4) is 0 Å². The molecule has 0 aliphatic heterocycles. The summed E-state index contributed by atoms with van der Waals surface area (Å²) in [5, 5.41) is 8.37. The largest absolute Gasteiger partial charge is 0.356 e. The molecule has 16 heavy (non-hydrogen) atoms. The van der Waals surface area contributed by atoms with Gasteiger partial charge in [-0.1, -0.05) is 6.92 Å². The van der Waals surface area contributed by atoms with Crippen LogP contribution < -0.4 is 5.32 Å². The van der Waals surface area contributed by atoms with E-state index in [0.29, 0.717) is 0 Å². The number of hydrogen-bond acceptors (Lipinski definition) is 5. The molecule has 5 nitrogen and oxygen atoms in total. The van der Waals surface area contributed by atoms with E-state index in [1.807, 2.05) is 16.9 Å². The van der Waals surface area contributed by atoms with Crippen molar-refractivity contribution in [3.63, 3.8) is 0 Å². The minimum atomic E-state index is 0.289. The molecule has 0 aliphatic rings. The Morgan fingerprint density at radius 2 is 2.44 bits per heavy atom. The van der Waals surface area contributed by atoms with Gasteiger partial charge in [-0.3, -0.25) is 4.68 Å². The molecule has 0 aromatic carbocycles. The van der Waals surface area contributed by atoms with Gasteiger partial charge in [0.1, 0.15) is 5.82 Å². The molecule has 0 amide bonds. The predicted molar refractivity (Wildman–Crippen MR) is 64.6 cm³/mol. The minimum Gasteiger partial charge on any atom is -0.356 e. The van der Waals surface area contributed by atoms with Gasteiger partial charge in [-0.25, -0.2) is 4.98 Å². The van der Waals surface area contributed by atoms with Gasteiger partial charge in [0.25, 0.3) is 0 Å². The Bertz CT molecular complexity index is 422. The Labute approximate surface area is 98.7 Å². The van der Waals surface area contributed by atoms with Crippen molar-refractivity contribution < 1.29 is 0 Å². The summed E-state index contributed by atoms with van der Waals surface area (Å²) in [5.41, 5.74) is 0. The molecule has 1 atom stereocenters. The van der Waals surface area contributed by atoms with E-state index in [1.54, 1.807) is 6.20 Å². The number of rotatable bonds is 5. The van der Waals surface area contributed by atoms with E-state index in [9.17, 15) is 0 Å². The summed E-state index contributed by atoms with van der Waals surface area (Å²) in [7, 11) is 0. The summed E-state index contributed by atoms with van der Waals surface area (Å²) in [4.78, 5) is 4.36. The third kappa shape index (κ3) is 2.79. The predicted octanol–water partition coefficient (Wildman–Crippen LogP) is 1.80. The lowest BCUT2D eigenvalue weighted by Crippen LogP contribution is -2.22. The van der Waals surface area contributed by atoms with Gasteiger partial charge in [0, 0.05) is 36.4 Å². The molecule has 0 spiro atoms. The van der Waals surface area contributed by atoms with Crippen LogP contribution in [0.5, 0.6) is 0 Å². The van der Waals surface area contributed by atoms with Crippen molar-refractivity contribution in [2.45, 2.75) is 32.9 Å². The maximum Gasteiger partial charge on any atom is 0.202 e. The second-order valence-electron chi connectivity index (χ2n) is 3.64. The average Bonchev–Trinajstić information content (AvgIpc) is 2.89. The highest BCUT2D eigenvalue weighted by molar-refractivity contribution is 7.09. The number of nitrogens with zero attached hydrogens (tertiary/aromatic N) is 4. The fraction of sp³-hybridized carbons (Fsp3) is 0.500. The van der Waals surface area contributed by atoms with E-state index in [0.717, 1.165) is 23.9 Å².